The van der Waals surface area contributed by atoms with Crippen LogP contribution < -0.4 is 0 Å². The van der Waals surface area contributed by atoms with Gasteiger partial charge in [-0.15, -0.1) is 0 Å². The van der Waals surface area contributed by atoms with Gasteiger partial charge < -0.3 is 4.57 Å². The minimum Gasteiger partial charge on any atom is -0.318 e. The fraction of sp³-hybridized carbons (Fsp3) is 0.240. The van der Waals surface area contributed by atoms with E-state index in [4.69, 9.17) is 0 Å². The quantitative estimate of drug-likeness (QED) is 0.486. The van der Waals surface area contributed by atoms with Gasteiger partial charge in [-0.25, -0.2) is 0 Å². The largest absolute Gasteiger partial charge is 0.318 e. The van der Waals surface area contributed by atoms with E-state index in [9.17, 15) is 5.26 Å². The summed E-state index contributed by atoms with van der Waals surface area (Å²) in [4.78, 5) is 0. The normalized spacial score (nSPS) is 11.7. The molecule has 0 atom stereocenters. The summed E-state index contributed by atoms with van der Waals surface area (Å²) in [5.41, 5.74) is 8.72. The van der Waals surface area contributed by atoms with Crippen molar-refractivity contribution in [3.63, 3.8) is 0 Å². The van der Waals surface area contributed by atoms with Crippen LogP contribution in [0.25, 0.3) is 17.3 Å². The first-order valence-corrected chi connectivity index (χ1v) is 9.39. The first-order chi connectivity index (χ1) is 12.9. The standard InChI is InChI=1S/C25H26N2/c1-17(2)21-10-12-25(13-11-21)27-19(4)14-23(20(27)5)15-24(16-26)22-8-6-18(3)7-9-22/h6-15,17H,1-5H3/b24-15-. The average molecular weight is 354 g/mol. The molecule has 0 saturated carbocycles. The molecule has 3 rings (SSSR count). The molecule has 1 heterocycles. The van der Waals surface area contributed by atoms with Crippen LogP contribution in [0.15, 0.2) is 54.6 Å². The van der Waals surface area contributed by atoms with E-state index < -0.39 is 0 Å². The summed E-state index contributed by atoms with van der Waals surface area (Å²) in [7, 11) is 0. The van der Waals surface area contributed by atoms with Crippen LogP contribution >= 0.6 is 0 Å². The Morgan fingerprint density at radius 3 is 2.15 bits per heavy atom. The zero-order valence-electron chi connectivity index (χ0n) is 16.7. The molecule has 0 amide bonds. The lowest BCUT2D eigenvalue weighted by molar-refractivity contribution is 0.863. The molecular weight excluding hydrogens is 328 g/mol. The van der Waals surface area contributed by atoms with E-state index in [1.165, 1.54) is 11.1 Å². The van der Waals surface area contributed by atoms with Gasteiger partial charge in [-0.1, -0.05) is 55.8 Å². The monoisotopic (exact) mass is 354 g/mol. The van der Waals surface area contributed by atoms with Crippen molar-refractivity contribution in [3.8, 4) is 11.8 Å². The van der Waals surface area contributed by atoms with E-state index in [1.807, 2.05) is 30.3 Å². The number of aryl methyl sites for hydroxylation is 2. The van der Waals surface area contributed by atoms with Gasteiger partial charge in [0.15, 0.2) is 0 Å². The highest BCUT2D eigenvalue weighted by molar-refractivity contribution is 5.90. The van der Waals surface area contributed by atoms with Crippen LogP contribution in [0.4, 0.5) is 0 Å². The molecule has 3 aromatic rings. The van der Waals surface area contributed by atoms with Crippen LogP contribution in [0.1, 0.15) is 53.4 Å². The highest BCUT2D eigenvalue weighted by atomic mass is 15.0. The fourth-order valence-corrected chi connectivity index (χ4v) is 3.41. The van der Waals surface area contributed by atoms with E-state index >= 15 is 0 Å². The molecular formula is C25H26N2. The summed E-state index contributed by atoms with van der Waals surface area (Å²) in [6, 6.07) is 21.3. The Bertz CT molecular complexity index is 1010. The summed E-state index contributed by atoms with van der Waals surface area (Å²) >= 11 is 0. The second-order valence-corrected chi connectivity index (χ2v) is 7.44. The van der Waals surface area contributed by atoms with Gasteiger partial charge in [0, 0.05) is 17.1 Å². The predicted molar refractivity (Wildman–Crippen MR) is 114 cm³/mol. The molecule has 0 radical (unpaired) electrons. The predicted octanol–water partition coefficient (Wildman–Crippen LogP) is 6.59. The number of rotatable bonds is 4. The Hall–Kier alpha value is -3.05. The van der Waals surface area contributed by atoms with Gasteiger partial charge in [0.1, 0.15) is 0 Å². The Balaban J connectivity index is 2.02. The highest BCUT2D eigenvalue weighted by Gasteiger charge is 2.11. The molecule has 0 aliphatic rings. The molecule has 0 bridgehead atoms. The summed E-state index contributed by atoms with van der Waals surface area (Å²) in [6.45, 7) is 10.7. The van der Waals surface area contributed by atoms with Gasteiger partial charge in [0.05, 0.1) is 11.6 Å². The van der Waals surface area contributed by atoms with Gasteiger partial charge in [-0.2, -0.15) is 5.26 Å². The Morgan fingerprint density at radius 2 is 1.59 bits per heavy atom. The van der Waals surface area contributed by atoms with E-state index in [2.05, 4.69) is 75.6 Å². The molecule has 0 fully saturated rings. The zero-order valence-corrected chi connectivity index (χ0v) is 16.7. The van der Waals surface area contributed by atoms with E-state index in [0.29, 0.717) is 11.5 Å². The third-order valence-electron chi connectivity index (χ3n) is 5.07. The maximum atomic E-state index is 9.65. The Kier molecular flexibility index (Phi) is 5.33. The number of benzene rings is 2. The van der Waals surface area contributed by atoms with Crippen molar-refractivity contribution in [2.24, 2.45) is 0 Å². The van der Waals surface area contributed by atoms with Crippen LogP contribution in [0.2, 0.25) is 0 Å². The van der Waals surface area contributed by atoms with E-state index in [0.717, 1.165) is 28.2 Å². The average Bonchev–Trinajstić information content (AvgIpc) is 2.94. The Labute approximate surface area is 162 Å². The second-order valence-electron chi connectivity index (χ2n) is 7.44. The molecule has 0 unspecified atom stereocenters. The SMILES string of the molecule is Cc1ccc(/C(C#N)=C\c2cc(C)n(-c3ccc(C(C)C)cc3)c2C)cc1. The molecule has 0 aliphatic heterocycles. The lowest BCUT2D eigenvalue weighted by Crippen LogP contribution is -1.99. The third-order valence-corrected chi connectivity index (χ3v) is 5.07. The van der Waals surface area contributed by atoms with Crippen molar-refractivity contribution in [2.45, 2.75) is 40.5 Å². The van der Waals surface area contributed by atoms with Crippen LogP contribution in [0, 0.1) is 32.1 Å². The van der Waals surface area contributed by atoms with Gasteiger partial charge in [-0.05, 0) is 67.7 Å². The minimum atomic E-state index is 0.525. The van der Waals surface area contributed by atoms with Gasteiger partial charge in [0.25, 0.3) is 0 Å². The van der Waals surface area contributed by atoms with E-state index in [-0.39, 0.29) is 0 Å². The van der Waals surface area contributed by atoms with E-state index in [1.54, 1.807) is 0 Å². The minimum absolute atomic E-state index is 0.525. The summed E-state index contributed by atoms with van der Waals surface area (Å²) in [5.74, 6) is 0.525. The molecule has 2 nitrogen and oxygen atoms in total. The molecule has 27 heavy (non-hydrogen) atoms. The molecule has 0 aliphatic carbocycles. The zero-order chi connectivity index (χ0) is 19.6. The summed E-state index contributed by atoms with van der Waals surface area (Å²) in [5, 5.41) is 9.65. The first-order valence-electron chi connectivity index (χ1n) is 9.39. The van der Waals surface area contributed by atoms with Crippen LogP contribution in [0.3, 0.4) is 0 Å². The van der Waals surface area contributed by atoms with Crippen LogP contribution in [0.5, 0.6) is 0 Å². The summed E-state index contributed by atoms with van der Waals surface area (Å²) < 4.78 is 2.25. The molecule has 0 saturated heterocycles. The van der Waals surface area contributed by atoms with Crippen molar-refractivity contribution >= 4 is 11.6 Å². The first kappa shape index (κ1) is 18.7. The summed E-state index contributed by atoms with van der Waals surface area (Å²) in [6.07, 6.45) is 1.99. The van der Waals surface area contributed by atoms with Crippen molar-refractivity contribution in [1.82, 2.24) is 4.57 Å². The lowest BCUT2D eigenvalue weighted by atomic mass is 10.0. The fourth-order valence-electron chi connectivity index (χ4n) is 3.41. The molecule has 2 heteroatoms. The molecule has 0 spiro atoms. The number of aromatic nitrogens is 1. The number of nitrogens with zero attached hydrogens (tertiary/aromatic N) is 2. The smallest absolute Gasteiger partial charge is 0.0998 e. The van der Waals surface area contributed by atoms with Crippen molar-refractivity contribution in [3.05, 3.63) is 88.2 Å². The molecule has 136 valence electrons. The van der Waals surface area contributed by atoms with Gasteiger partial charge in [-0.3, -0.25) is 0 Å². The van der Waals surface area contributed by atoms with Crippen molar-refractivity contribution in [2.75, 3.05) is 0 Å². The second kappa shape index (κ2) is 7.68. The Morgan fingerprint density at radius 1 is 0.963 bits per heavy atom. The lowest BCUT2D eigenvalue weighted by Gasteiger charge is -2.12. The van der Waals surface area contributed by atoms with Gasteiger partial charge >= 0.3 is 0 Å². The van der Waals surface area contributed by atoms with Crippen LogP contribution in [-0.4, -0.2) is 4.57 Å². The van der Waals surface area contributed by atoms with Crippen molar-refractivity contribution in [1.29, 1.82) is 5.26 Å². The van der Waals surface area contributed by atoms with Gasteiger partial charge in [0.2, 0.25) is 0 Å². The third kappa shape index (κ3) is 3.88. The molecule has 2 aromatic carbocycles. The topological polar surface area (TPSA) is 28.7 Å². The van der Waals surface area contributed by atoms with Crippen LogP contribution in [-0.2, 0) is 0 Å². The number of hydrogen-bond donors (Lipinski definition) is 0. The maximum Gasteiger partial charge on any atom is 0.0998 e. The molecule has 1 aromatic heterocycles. The molecule has 0 N–H and O–H groups in total. The number of hydrogen-bond acceptors (Lipinski definition) is 1. The number of nitriles is 1. The number of allylic oxidation sites excluding steroid dienone is 1. The maximum absolute atomic E-state index is 9.65. The van der Waals surface area contributed by atoms with Crippen molar-refractivity contribution < 1.29 is 0 Å². The highest BCUT2D eigenvalue weighted by Crippen LogP contribution is 2.26.